The lowest BCUT2D eigenvalue weighted by molar-refractivity contribution is 0.281. The number of hydrogen-bond donors (Lipinski definition) is 0. The van der Waals surface area contributed by atoms with E-state index in [0.717, 1.165) is 29.1 Å². The molecular formula is C19H24N6S2. The fourth-order valence-corrected chi connectivity index (χ4v) is 4.85. The van der Waals surface area contributed by atoms with E-state index < -0.39 is 0 Å². The first-order valence-corrected chi connectivity index (χ1v) is 11.0. The Kier molecular flexibility index (Phi) is 5.45. The van der Waals surface area contributed by atoms with Crippen LogP contribution >= 0.6 is 23.1 Å². The summed E-state index contributed by atoms with van der Waals surface area (Å²) in [5, 5.41) is 18.0. The largest absolute Gasteiger partial charge is 0.341 e. The molecule has 3 heterocycles. The lowest BCUT2D eigenvalue weighted by Gasteiger charge is -2.34. The fraction of sp³-hybridized carbons (Fsp3) is 0.474. The van der Waals surface area contributed by atoms with Crippen LogP contribution in [0.3, 0.4) is 0 Å². The van der Waals surface area contributed by atoms with E-state index in [4.69, 9.17) is 10.1 Å². The maximum Gasteiger partial charge on any atom is 0.234 e. The van der Waals surface area contributed by atoms with Gasteiger partial charge in [0.2, 0.25) is 11.1 Å². The second-order valence-electron chi connectivity index (χ2n) is 6.91. The van der Waals surface area contributed by atoms with Gasteiger partial charge in [-0.05, 0) is 45.6 Å². The van der Waals surface area contributed by atoms with Crippen LogP contribution in [0.5, 0.6) is 0 Å². The number of aromatic nitrogens is 2. The van der Waals surface area contributed by atoms with Gasteiger partial charge in [0.15, 0.2) is 0 Å². The second kappa shape index (κ2) is 7.98. The van der Waals surface area contributed by atoms with Crippen LogP contribution in [0.2, 0.25) is 0 Å². The molecule has 0 aliphatic carbocycles. The molecule has 1 aromatic carbocycles. The van der Waals surface area contributed by atoms with Gasteiger partial charge in [-0.1, -0.05) is 52.9 Å². The molecule has 0 saturated carbocycles. The molecule has 0 N–H and O–H groups in total. The van der Waals surface area contributed by atoms with Gasteiger partial charge in [-0.15, -0.1) is 10.2 Å². The highest BCUT2D eigenvalue weighted by Gasteiger charge is 2.34. The summed E-state index contributed by atoms with van der Waals surface area (Å²) in [6.45, 7) is 8.15. The molecule has 27 heavy (non-hydrogen) atoms. The molecule has 4 rings (SSSR count). The van der Waals surface area contributed by atoms with Gasteiger partial charge in [0, 0.05) is 13.1 Å². The van der Waals surface area contributed by atoms with Crippen LogP contribution in [-0.4, -0.2) is 44.2 Å². The minimum atomic E-state index is 0.0975. The van der Waals surface area contributed by atoms with Gasteiger partial charge in [-0.25, -0.2) is 5.01 Å². The highest BCUT2D eigenvalue weighted by molar-refractivity contribution is 8.14. The quantitative estimate of drug-likeness (QED) is 0.540. The van der Waals surface area contributed by atoms with E-state index in [-0.39, 0.29) is 5.37 Å². The van der Waals surface area contributed by atoms with Crippen LogP contribution in [-0.2, 0) is 0 Å². The predicted molar refractivity (Wildman–Crippen MR) is 114 cm³/mol. The molecule has 6 nitrogen and oxygen atoms in total. The van der Waals surface area contributed by atoms with E-state index in [1.54, 1.807) is 11.8 Å². The molecule has 1 fully saturated rings. The molecule has 2 aliphatic rings. The van der Waals surface area contributed by atoms with Crippen molar-refractivity contribution in [3.05, 3.63) is 40.4 Å². The third-order valence-electron chi connectivity index (χ3n) is 4.67. The summed E-state index contributed by atoms with van der Waals surface area (Å²) in [5.41, 5.74) is 2.50. The topological polar surface area (TPSA) is 57.0 Å². The van der Waals surface area contributed by atoms with Crippen LogP contribution in [0.1, 0.15) is 47.7 Å². The highest BCUT2D eigenvalue weighted by atomic mass is 32.2. The Balaban J connectivity index is 1.72. The first kappa shape index (κ1) is 18.4. The van der Waals surface area contributed by atoms with Crippen molar-refractivity contribution in [1.29, 1.82) is 0 Å². The molecule has 0 amide bonds. The number of hydrazone groups is 1. The smallest absolute Gasteiger partial charge is 0.234 e. The lowest BCUT2D eigenvalue weighted by Crippen LogP contribution is -2.44. The van der Waals surface area contributed by atoms with E-state index in [1.165, 1.54) is 41.7 Å². The number of aryl methyl sites for hydroxylation is 2. The van der Waals surface area contributed by atoms with Crippen molar-refractivity contribution in [1.82, 2.24) is 20.1 Å². The Morgan fingerprint density at radius 3 is 2.44 bits per heavy atom. The number of aliphatic imine (C=N–C) groups is 1. The normalized spacial score (nSPS) is 20.9. The van der Waals surface area contributed by atoms with Crippen molar-refractivity contribution in [2.45, 2.75) is 45.4 Å². The third kappa shape index (κ3) is 4.16. The first-order valence-electron chi connectivity index (χ1n) is 9.31. The molecule has 142 valence electrons. The van der Waals surface area contributed by atoms with Gasteiger partial charge in [0.1, 0.15) is 10.4 Å². The summed E-state index contributed by atoms with van der Waals surface area (Å²) in [6, 6.07) is 8.70. The molecule has 0 radical (unpaired) electrons. The zero-order valence-electron chi connectivity index (χ0n) is 15.9. The van der Waals surface area contributed by atoms with E-state index in [2.05, 4.69) is 58.2 Å². The first-order chi connectivity index (χ1) is 13.1. The van der Waals surface area contributed by atoms with Crippen molar-refractivity contribution < 1.29 is 0 Å². The SMILES string of the molecule is CC1=NN(/C(=N/c2nnc(C)s2)N2CCCCC2)C(c2ccc(C)cc2)S1. The van der Waals surface area contributed by atoms with Crippen LogP contribution in [0, 0.1) is 13.8 Å². The maximum atomic E-state index is 4.91. The molecular weight excluding hydrogens is 376 g/mol. The zero-order valence-corrected chi connectivity index (χ0v) is 17.6. The van der Waals surface area contributed by atoms with Crippen LogP contribution < -0.4 is 0 Å². The number of benzene rings is 1. The minimum absolute atomic E-state index is 0.0975. The summed E-state index contributed by atoms with van der Waals surface area (Å²) < 4.78 is 0. The number of thioether (sulfide) groups is 1. The van der Waals surface area contributed by atoms with E-state index in [1.807, 2.05) is 6.92 Å². The standard InChI is InChI=1S/C19H24N6S2/c1-13-7-9-16(10-8-13)17-25(23-15(3)26-17)19(24-11-5-4-6-12-24)20-18-22-21-14(2)27-18/h7-10,17H,4-6,11-12H2,1-3H3/b20-19+. The summed E-state index contributed by atoms with van der Waals surface area (Å²) in [4.78, 5) is 7.26. The summed E-state index contributed by atoms with van der Waals surface area (Å²) in [7, 11) is 0. The number of hydrogen-bond acceptors (Lipinski definition) is 6. The Labute approximate surface area is 168 Å². The van der Waals surface area contributed by atoms with Gasteiger partial charge < -0.3 is 4.90 Å². The molecule has 2 aliphatic heterocycles. The molecule has 1 saturated heterocycles. The van der Waals surface area contributed by atoms with Gasteiger partial charge in [0.25, 0.3) is 0 Å². The molecule has 0 bridgehead atoms. The number of guanidine groups is 1. The van der Waals surface area contributed by atoms with Crippen molar-refractivity contribution >= 4 is 39.2 Å². The summed E-state index contributed by atoms with van der Waals surface area (Å²) in [5.74, 6) is 0.890. The fourth-order valence-electron chi connectivity index (χ4n) is 3.31. The van der Waals surface area contributed by atoms with Gasteiger partial charge in [-0.3, -0.25) is 0 Å². The van der Waals surface area contributed by atoms with Crippen LogP contribution in [0.15, 0.2) is 34.4 Å². The van der Waals surface area contributed by atoms with Crippen molar-refractivity contribution in [3.8, 4) is 0 Å². The van der Waals surface area contributed by atoms with Gasteiger partial charge in [-0.2, -0.15) is 10.1 Å². The molecule has 1 unspecified atom stereocenters. The number of piperidine rings is 1. The molecule has 1 atom stereocenters. The third-order valence-corrected chi connectivity index (χ3v) is 6.52. The number of rotatable bonds is 2. The van der Waals surface area contributed by atoms with Crippen LogP contribution in [0.4, 0.5) is 5.13 Å². The molecule has 1 aromatic heterocycles. The maximum absolute atomic E-state index is 4.91. The molecule has 8 heteroatoms. The predicted octanol–water partition coefficient (Wildman–Crippen LogP) is 4.71. The molecule has 2 aromatic rings. The summed E-state index contributed by atoms with van der Waals surface area (Å²) in [6.07, 6.45) is 3.65. The number of nitrogens with zero attached hydrogens (tertiary/aromatic N) is 6. The average Bonchev–Trinajstić information content (AvgIpc) is 3.26. The lowest BCUT2D eigenvalue weighted by atomic mass is 10.1. The van der Waals surface area contributed by atoms with Gasteiger partial charge in [0.05, 0.1) is 5.04 Å². The minimum Gasteiger partial charge on any atom is -0.341 e. The second-order valence-corrected chi connectivity index (χ2v) is 9.34. The van der Waals surface area contributed by atoms with Crippen molar-refractivity contribution in [2.75, 3.05) is 13.1 Å². The Morgan fingerprint density at radius 2 is 1.78 bits per heavy atom. The van der Waals surface area contributed by atoms with Crippen LogP contribution in [0.25, 0.3) is 0 Å². The Bertz CT molecular complexity index is 851. The average molecular weight is 401 g/mol. The zero-order chi connectivity index (χ0) is 18.8. The number of likely N-dealkylation sites (tertiary alicyclic amines) is 1. The van der Waals surface area contributed by atoms with E-state index in [0.29, 0.717) is 5.13 Å². The highest BCUT2D eigenvalue weighted by Crippen LogP contribution is 2.40. The Morgan fingerprint density at radius 1 is 1.04 bits per heavy atom. The van der Waals surface area contributed by atoms with Gasteiger partial charge >= 0.3 is 0 Å². The monoisotopic (exact) mass is 400 g/mol. The Hall–Kier alpha value is -1.93. The molecule has 0 spiro atoms. The van der Waals surface area contributed by atoms with Crippen molar-refractivity contribution in [3.63, 3.8) is 0 Å². The van der Waals surface area contributed by atoms with E-state index in [9.17, 15) is 0 Å². The summed E-state index contributed by atoms with van der Waals surface area (Å²) >= 11 is 3.30. The van der Waals surface area contributed by atoms with Crippen molar-refractivity contribution in [2.24, 2.45) is 10.1 Å². The van der Waals surface area contributed by atoms with E-state index >= 15 is 0 Å².